The van der Waals surface area contributed by atoms with Crippen LogP contribution in [-0.4, -0.2) is 31.1 Å². The molecule has 0 bridgehead atoms. The predicted molar refractivity (Wildman–Crippen MR) is 103 cm³/mol. The molecule has 2 aromatic carbocycles. The summed E-state index contributed by atoms with van der Waals surface area (Å²) in [5.74, 6) is -0.203. The summed E-state index contributed by atoms with van der Waals surface area (Å²) in [6, 6.07) is 15.8. The molecule has 142 valence electrons. The smallest absolute Gasteiger partial charge is 0.344 e. The molecule has 1 aliphatic carbocycles. The van der Waals surface area contributed by atoms with Crippen LogP contribution in [0.15, 0.2) is 48.5 Å². The summed E-state index contributed by atoms with van der Waals surface area (Å²) in [5.41, 5.74) is 3.78. The van der Waals surface area contributed by atoms with Gasteiger partial charge in [-0.25, -0.2) is 4.79 Å². The lowest BCUT2D eigenvalue weighted by Gasteiger charge is -2.14. The first-order chi connectivity index (χ1) is 13.1. The van der Waals surface area contributed by atoms with Crippen LogP contribution in [0.5, 0.6) is 5.75 Å². The lowest BCUT2D eigenvalue weighted by molar-refractivity contribution is -0.156. The molecule has 0 unspecified atom stereocenters. The van der Waals surface area contributed by atoms with Crippen molar-refractivity contribution in [1.29, 1.82) is 0 Å². The maximum absolute atomic E-state index is 12.0. The first kappa shape index (κ1) is 19.0. The Morgan fingerprint density at radius 1 is 1.07 bits per heavy atom. The molecule has 1 amide bonds. The third-order valence-electron chi connectivity index (χ3n) is 4.66. The highest BCUT2D eigenvalue weighted by Crippen LogP contribution is 2.25. The molecule has 2 aromatic rings. The molecule has 0 fully saturated rings. The fourth-order valence-electron chi connectivity index (χ4n) is 3.18. The zero-order chi connectivity index (χ0) is 19.1. The van der Waals surface area contributed by atoms with E-state index in [1.54, 1.807) is 6.92 Å². The number of benzene rings is 2. The molecule has 1 atom stereocenters. The number of fused-ring (bicyclic) bond motifs is 1. The molecule has 0 radical (unpaired) electrons. The van der Waals surface area contributed by atoms with Crippen molar-refractivity contribution in [2.24, 2.45) is 0 Å². The zero-order valence-electron chi connectivity index (χ0n) is 15.6. The average molecular weight is 367 g/mol. The molecular weight excluding hydrogens is 342 g/mol. The van der Waals surface area contributed by atoms with Gasteiger partial charge in [-0.05, 0) is 61.4 Å². The fourth-order valence-corrected chi connectivity index (χ4v) is 3.18. The third kappa shape index (κ3) is 5.58. The fraction of sp³-hybridized carbons (Fsp3) is 0.364. The lowest BCUT2D eigenvalue weighted by Crippen LogP contribution is -2.37. The van der Waals surface area contributed by atoms with E-state index in [1.165, 1.54) is 11.1 Å². The summed E-state index contributed by atoms with van der Waals surface area (Å²) in [6.45, 7) is 1.85. The first-order valence-corrected chi connectivity index (χ1v) is 9.37. The molecule has 0 aromatic heterocycles. The summed E-state index contributed by atoms with van der Waals surface area (Å²) >= 11 is 0. The van der Waals surface area contributed by atoms with Crippen LogP contribution in [0.25, 0.3) is 0 Å². The van der Waals surface area contributed by atoms with Crippen LogP contribution in [0.2, 0.25) is 0 Å². The van der Waals surface area contributed by atoms with Crippen LogP contribution in [0, 0.1) is 0 Å². The molecule has 0 saturated heterocycles. The lowest BCUT2D eigenvalue weighted by atomic mass is 10.1. The number of carbonyl (C=O) groups is 2. The average Bonchev–Trinajstić information content (AvgIpc) is 3.15. The van der Waals surface area contributed by atoms with Crippen LogP contribution in [0.4, 0.5) is 0 Å². The molecule has 5 nitrogen and oxygen atoms in total. The van der Waals surface area contributed by atoms with Crippen LogP contribution in [0.1, 0.15) is 30.0 Å². The molecule has 5 heteroatoms. The highest BCUT2D eigenvalue weighted by molar-refractivity contribution is 5.83. The number of carbonyl (C=O) groups excluding carboxylic acids is 2. The quantitative estimate of drug-likeness (QED) is 0.729. The van der Waals surface area contributed by atoms with Gasteiger partial charge in [-0.2, -0.15) is 0 Å². The van der Waals surface area contributed by atoms with Gasteiger partial charge in [0.15, 0.2) is 12.7 Å². The summed E-state index contributed by atoms with van der Waals surface area (Å²) in [5, 5.41) is 2.78. The van der Waals surface area contributed by atoms with Gasteiger partial charge in [0.1, 0.15) is 5.75 Å². The van der Waals surface area contributed by atoms with Crippen molar-refractivity contribution in [3.05, 3.63) is 65.2 Å². The van der Waals surface area contributed by atoms with E-state index in [0.717, 1.165) is 31.2 Å². The molecule has 0 spiro atoms. The molecule has 0 aliphatic heterocycles. The van der Waals surface area contributed by atoms with E-state index in [4.69, 9.17) is 9.47 Å². The minimum atomic E-state index is -0.850. The van der Waals surface area contributed by atoms with Crippen LogP contribution in [0.3, 0.4) is 0 Å². The Labute approximate surface area is 159 Å². The van der Waals surface area contributed by atoms with Crippen molar-refractivity contribution < 1.29 is 19.1 Å². The largest absolute Gasteiger partial charge is 0.482 e. The Kier molecular flexibility index (Phi) is 6.47. The van der Waals surface area contributed by atoms with Crippen molar-refractivity contribution >= 4 is 11.9 Å². The number of aryl methyl sites for hydroxylation is 2. The standard InChI is InChI=1S/C22H25NO4/c1-16(22(25)23-13-12-17-6-3-2-4-7-17)27-21(24)15-26-20-11-10-18-8-5-9-19(18)14-20/h2-4,6-7,10-11,14,16H,5,8-9,12-13,15H2,1H3,(H,23,25)/t16-/m0/s1. The van der Waals surface area contributed by atoms with Gasteiger partial charge in [-0.3, -0.25) is 4.79 Å². The summed E-state index contributed by atoms with van der Waals surface area (Å²) in [6.07, 6.45) is 3.20. The number of hydrogen-bond donors (Lipinski definition) is 1. The Balaban J connectivity index is 1.37. The minimum absolute atomic E-state index is 0.208. The van der Waals surface area contributed by atoms with Gasteiger partial charge < -0.3 is 14.8 Å². The Morgan fingerprint density at radius 3 is 2.67 bits per heavy atom. The molecule has 0 saturated carbocycles. The minimum Gasteiger partial charge on any atom is -0.482 e. The van der Waals surface area contributed by atoms with Crippen LogP contribution < -0.4 is 10.1 Å². The second-order valence-corrected chi connectivity index (χ2v) is 6.73. The van der Waals surface area contributed by atoms with Gasteiger partial charge in [0.2, 0.25) is 0 Å². The van der Waals surface area contributed by atoms with Crippen LogP contribution >= 0.6 is 0 Å². The van der Waals surface area contributed by atoms with Crippen molar-refractivity contribution in [1.82, 2.24) is 5.32 Å². The zero-order valence-corrected chi connectivity index (χ0v) is 15.6. The van der Waals surface area contributed by atoms with E-state index < -0.39 is 12.1 Å². The van der Waals surface area contributed by atoms with Gasteiger partial charge in [0.25, 0.3) is 5.91 Å². The Bertz CT molecular complexity index is 788. The maximum atomic E-state index is 12.0. The van der Waals surface area contributed by atoms with E-state index in [-0.39, 0.29) is 12.5 Å². The van der Waals surface area contributed by atoms with Gasteiger partial charge in [0, 0.05) is 6.54 Å². The summed E-state index contributed by atoms with van der Waals surface area (Å²) in [4.78, 5) is 24.0. The van der Waals surface area contributed by atoms with E-state index in [2.05, 4.69) is 5.32 Å². The van der Waals surface area contributed by atoms with Crippen molar-refractivity contribution in [2.75, 3.05) is 13.2 Å². The Hall–Kier alpha value is -2.82. The van der Waals surface area contributed by atoms with Crippen LogP contribution in [-0.2, 0) is 33.6 Å². The summed E-state index contributed by atoms with van der Waals surface area (Å²) < 4.78 is 10.7. The van der Waals surface area contributed by atoms with Gasteiger partial charge in [-0.1, -0.05) is 36.4 Å². The molecular formula is C22H25NO4. The molecule has 3 rings (SSSR count). The third-order valence-corrected chi connectivity index (χ3v) is 4.66. The van der Waals surface area contributed by atoms with E-state index in [0.29, 0.717) is 12.3 Å². The second-order valence-electron chi connectivity index (χ2n) is 6.73. The number of esters is 1. The SMILES string of the molecule is C[C@H](OC(=O)COc1ccc2c(c1)CCC2)C(=O)NCCc1ccccc1. The van der Waals surface area contributed by atoms with Gasteiger partial charge in [-0.15, -0.1) is 0 Å². The predicted octanol–water partition coefficient (Wildman–Crippen LogP) is 2.84. The van der Waals surface area contributed by atoms with E-state index in [9.17, 15) is 9.59 Å². The topological polar surface area (TPSA) is 64.6 Å². The van der Waals surface area contributed by atoms with Crippen molar-refractivity contribution in [3.8, 4) is 5.75 Å². The van der Waals surface area contributed by atoms with Gasteiger partial charge in [0.05, 0.1) is 0 Å². The molecule has 1 aliphatic rings. The number of amides is 1. The van der Waals surface area contributed by atoms with E-state index >= 15 is 0 Å². The highest BCUT2D eigenvalue weighted by atomic mass is 16.6. The Morgan fingerprint density at radius 2 is 1.85 bits per heavy atom. The number of hydrogen-bond acceptors (Lipinski definition) is 4. The number of nitrogens with one attached hydrogen (secondary N) is 1. The normalized spacial score (nSPS) is 13.5. The molecule has 0 heterocycles. The maximum Gasteiger partial charge on any atom is 0.344 e. The second kappa shape index (κ2) is 9.21. The van der Waals surface area contributed by atoms with Crippen molar-refractivity contribution in [3.63, 3.8) is 0 Å². The highest BCUT2D eigenvalue weighted by Gasteiger charge is 2.18. The number of rotatable bonds is 8. The monoisotopic (exact) mass is 367 g/mol. The molecule has 27 heavy (non-hydrogen) atoms. The van der Waals surface area contributed by atoms with E-state index in [1.807, 2.05) is 48.5 Å². The number of ether oxygens (including phenoxy) is 2. The summed E-state index contributed by atoms with van der Waals surface area (Å²) in [7, 11) is 0. The van der Waals surface area contributed by atoms with Crippen molar-refractivity contribution in [2.45, 2.75) is 38.7 Å². The van der Waals surface area contributed by atoms with Gasteiger partial charge >= 0.3 is 5.97 Å². The first-order valence-electron chi connectivity index (χ1n) is 9.37. The molecule has 1 N–H and O–H groups in total.